The van der Waals surface area contributed by atoms with E-state index in [1.165, 1.54) is 92.3 Å². The van der Waals surface area contributed by atoms with E-state index < -0.39 is 0 Å². The first-order valence-corrected chi connectivity index (χ1v) is 21.8. The van der Waals surface area contributed by atoms with Crippen LogP contribution in [-0.2, 0) is 16.2 Å². The number of nitrogens with zero attached hydrogens (tertiary/aromatic N) is 1. The molecule has 0 aliphatic heterocycles. The van der Waals surface area contributed by atoms with Crippen molar-refractivity contribution >= 4 is 59.3 Å². The van der Waals surface area contributed by atoms with Crippen LogP contribution in [0.3, 0.4) is 0 Å². The van der Waals surface area contributed by atoms with Gasteiger partial charge < -0.3 is 4.90 Å². The molecule has 1 aliphatic rings. The smallest absolute Gasteiger partial charge is 0.0640 e. The maximum absolute atomic E-state index is 2.54. The van der Waals surface area contributed by atoms with Crippen molar-refractivity contribution in [3.05, 3.63) is 186 Å². The second kappa shape index (κ2) is 13.5. The van der Waals surface area contributed by atoms with Gasteiger partial charge in [-0.25, -0.2) is 0 Å². The first-order chi connectivity index (χ1) is 28.3. The molecule has 1 aliphatic carbocycles. The Balaban J connectivity index is 1.26. The highest BCUT2D eigenvalue weighted by molar-refractivity contribution is 7.26. The Kier molecular flexibility index (Phi) is 8.57. The van der Waals surface area contributed by atoms with Crippen LogP contribution < -0.4 is 4.90 Å². The number of anilines is 3. The van der Waals surface area contributed by atoms with Crippen molar-refractivity contribution in [1.29, 1.82) is 0 Å². The van der Waals surface area contributed by atoms with Crippen LogP contribution in [0.5, 0.6) is 0 Å². The summed E-state index contributed by atoms with van der Waals surface area (Å²) in [4.78, 5) is 2.54. The van der Waals surface area contributed by atoms with E-state index in [9.17, 15) is 0 Å². The largest absolute Gasteiger partial charge is 0.308 e. The van der Waals surface area contributed by atoms with Crippen LogP contribution in [0.25, 0.3) is 64.3 Å². The van der Waals surface area contributed by atoms with E-state index in [1.807, 2.05) is 11.3 Å². The van der Waals surface area contributed by atoms with Gasteiger partial charge in [0, 0.05) is 32.1 Å². The molecule has 0 amide bonds. The number of hydrogen-bond donors (Lipinski definition) is 0. The lowest BCUT2D eigenvalue weighted by molar-refractivity contribution is 0.564. The summed E-state index contributed by atoms with van der Waals surface area (Å²) in [6.45, 7) is 19.0. The van der Waals surface area contributed by atoms with Crippen molar-refractivity contribution in [3.63, 3.8) is 0 Å². The Morgan fingerprint density at radius 1 is 0.475 bits per heavy atom. The van der Waals surface area contributed by atoms with Crippen LogP contribution in [0.1, 0.15) is 77.6 Å². The van der Waals surface area contributed by atoms with E-state index in [-0.39, 0.29) is 16.2 Å². The highest BCUT2D eigenvalue weighted by atomic mass is 32.1. The Morgan fingerprint density at radius 2 is 1.10 bits per heavy atom. The standard InChI is InChI=1S/C57H51NS/c1-55(2,3)38-34-47(56(4,5)6)53-48(35-38)57(7,8)46-29-17-27-44(52(46)53)42-24-11-13-30-49(42)58(50-31-18-28-45-43-25-12-14-32-51(43)59-54(45)50)39-22-15-21-37(33-39)41-26-16-20-36-19-9-10-23-40(36)41/h9-35H,1-8H3. The predicted octanol–water partition coefficient (Wildman–Crippen LogP) is 16.9. The SMILES string of the molecule is CC(C)(C)c1cc(C(C)(C)C)c2c(c1)C(C)(C)c1cccc(-c3ccccc3N(c3cccc(-c4cccc5ccccc45)c3)c3cccc4c3sc3ccccc34)c1-2. The fourth-order valence-corrected chi connectivity index (χ4v) is 10.8. The molecule has 0 saturated carbocycles. The molecule has 0 N–H and O–H groups in total. The van der Waals surface area contributed by atoms with Gasteiger partial charge in [0.05, 0.1) is 16.1 Å². The number of para-hydroxylation sites is 1. The minimum atomic E-state index is -0.161. The molecule has 1 aromatic heterocycles. The third-order valence-corrected chi connectivity index (χ3v) is 13.9. The summed E-state index contributed by atoms with van der Waals surface area (Å²) < 4.78 is 2.59. The van der Waals surface area contributed by atoms with Gasteiger partial charge in [0.2, 0.25) is 0 Å². The number of fused-ring (bicyclic) bond motifs is 7. The molecule has 0 saturated heterocycles. The predicted molar refractivity (Wildman–Crippen MR) is 257 cm³/mol. The van der Waals surface area contributed by atoms with Gasteiger partial charge >= 0.3 is 0 Å². The van der Waals surface area contributed by atoms with E-state index >= 15 is 0 Å². The molecule has 0 radical (unpaired) electrons. The van der Waals surface area contributed by atoms with Gasteiger partial charge in [-0.15, -0.1) is 11.3 Å². The quantitative estimate of drug-likeness (QED) is 0.168. The van der Waals surface area contributed by atoms with E-state index in [1.54, 1.807) is 0 Å². The van der Waals surface area contributed by atoms with E-state index in [0.717, 1.165) is 11.4 Å². The molecule has 1 nitrogen and oxygen atoms in total. The summed E-state index contributed by atoms with van der Waals surface area (Å²) in [6.07, 6.45) is 0. The summed E-state index contributed by atoms with van der Waals surface area (Å²) in [5, 5.41) is 5.10. The summed E-state index contributed by atoms with van der Waals surface area (Å²) in [6, 6.07) is 61.4. The van der Waals surface area contributed by atoms with Crippen molar-refractivity contribution in [2.75, 3.05) is 4.90 Å². The van der Waals surface area contributed by atoms with Crippen LogP contribution >= 0.6 is 11.3 Å². The molecule has 0 spiro atoms. The van der Waals surface area contributed by atoms with Gasteiger partial charge in [-0.2, -0.15) is 0 Å². The molecule has 2 heteroatoms. The second-order valence-electron chi connectivity index (χ2n) is 19.0. The number of thiophene rings is 1. The zero-order valence-electron chi connectivity index (χ0n) is 35.4. The molecule has 0 bridgehead atoms. The fourth-order valence-electron chi connectivity index (χ4n) is 9.64. The van der Waals surface area contributed by atoms with E-state index in [0.29, 0.717) is 0 Å². The number of hydrogen-bond acceptors (Lipinski definition) is 2. The van der Waals surface area contributed by atoms with Crippen LogP contribution in [0, 0.1) is 0 Å². The summed E-state index contributed by atoms with van der Waals surface area (Å²) in [5.74, 6) is 0. The molecular weight excluding hydrogens is 731 g/mol. The van der Waals surface area contributed by atoms with E-state index in [2.05, 4.69) is 224 Å². The Labute approximate surface area is 353 Å². The molecule has 1 heterocycles. The minimum Gasteiger partial charge on any atom is -0.308 e. The van der Waals surface area contributed by atoms with Crippen LogP contribution in [0.15, 0.2) is 164 Å². The third kappa shape index (κ3) is 6.03. The first-order valence-electron chi connectivity index (χ1n) is 21.0. The maximum Gasteiger partial charge on any atom is 0.0640 e. The van der Waals surface area contributed by atoms with Crippen molar-refractivity contribution < 1.29 is 0 Å². The zero-order valence-corrected chi connectivity index (χ0v) is 36.3. The second-order valence-corrected chi connectivity index (χ2v) is 20.0. The monoisotopic (exact) mass is 781 g/mol. The van der Waals surface area contributed by atoms with Gasteiger partial charge in [-0.3, -0.25) is 0 Å². The summed E-state index contributed by atoms with van der Waals surface area (Å²) in [5.41, 5.74) is 16.7. The van der Waals surface area contributed by atoms with Crippen molar-refractivity contribution in [1.82, 2.24) is 0 Å². The topological polar surface area (TPSA) is 3.24 Å². The van der Waals surface area contributed by atoms with Crippen molar-refractivity contribution in [3.8, 4) is 33.4 Å². The van der Waals surface area contributed by atoms with Crippen molar-refractivity contribution in [2.24, 2.45) is 0 Å². The van der Waals surface area contributed by atoms with Gasteiger partial charge in [-0.05, 0) is 102 Å². The lowest BCUT2D eigenvalue weighted by atomic mass is 9.74. The Hall–Kier alpha value is -5.96. The third-order valence-electron chi connectivity index (χ3n) is 12.7. The molecule has 59 heavy (non-hydrogen) atoms. The Bertz CT molecular complexity index is 3100. The molecule has 9 aromatic rings. The normalized spacial score (nSPS) is 13.6. The molecule has 0 atom stereocenters. The number of benzene rings is 8. The van der Waals surface area contributed by atoms with E-state index in [4.69, 9.17) is 0 Å². The number of rotatable bonds is 5. The average molecular weight is 782 g/mol. The highest BCUT2D eigenvalue weighted by Crippen LogP contribution is 2.57. The zero-order chi connectivity index (χ0) is 40.8. The molecule has 0 fully saturated rings. The Morgan fingerprint density at radius 3 is 1.92 bits per heavy atom. The maximum atomic E-state index is 2.54. The molecule has 0 unspecified atom stereocenters. The summed E-state index contributed by atoms with van der Waals surface area (Å²) >= 11 is 1.89. The van der Waals surface area contributed by atoms with Crippen LogP contribution in [0.2, 0.25) is 0 Å². The minimum absolute atomic E-state index is 0.0317. The first kappa shape index (κ1) is 37.3. The van der Waals surface area contributed by atoms with Crippen molar-refractivity contribution in [2.45, 2.75) is 71.6 Å². The molecular formula is C57H51NS. The van der Waals surface area contributed by atoms with Crippen LogP contribution in [-0.4, -0.2) is 0 Å². The molecule has 8 aromatic carbocycles. The average Bonchev–Trinajstić information content (AvgIpc) is 3.72. The fraction of sp³-hybridized carbons (Fsp3) is 0.193. The lowest BCUT2D eigenvalue weighted by Crippen LogP contribution is -2.21. The molecule has 290 valence electrons. The van der Waals surface area contributed by atoms with Gasteiger partial charge in [0.25, 0.3) is 0 Å². The molecule has 10 rings (SSSR count). The van der Waals surface area contributed by atoms with Gasteiger partial charge in [-0.1, -0.05) is 189 Å². The van der Waals surface area contributed by atoms with Gasteiger partial charge in [0.1, 0.15) is 0 Å². The lowest BCUT2D eigenvalue weighted by Gasteiger charge is -2.31. The van der Waals surface area contributed by atoms with Crippen LogP contribution in [0.4, 0.5) is 17.1 Å². The summed E-state index contributed by atoms with van der Waals surface area (Å²) in [7, 11) is 0. The van der Waals surface area contributed by atoms with Gasteiger partial charge in [0.15, 0.2) is 0 Å². The highest BCUT2D eigenvalue weighted by Gasteiger charge is 2.41.